The lowest BCUT2D eigenvalue weighted by molar-refractivity contribution is 0.469. The number of phenolic OH excluding ortho intramolecular Hbond substituents is 1. The van der Waals surface area contributed by atoms with E-state index < -0.39 is 0 Å². The van der Waals surface area contributed by atoms with Crippen molar-refractivity contribution < 1.29 is 5.11 Å². The summed E-state index contributed by atoms with van der Waals surface area (Å²) >= 11 is 0. The van der Waals surface area contributed by atoms with E-state index in [2.05, 4.69) is 44.0 Å². The SMILES string of the molecule is CCC(CC)n1cnc2c(NCc3cc(N)ccc3O)nc(NCC(C)N)nc21. The number of phenols is 1. The number of aromatic nitrogens is 4. The van der Waals surface area contributed by atoms with Gasteiger partial charge in [-0.25, -0.2) is 4.98 Å². The summed E-state index contributed by atoms with van der Waals surface area (Å²) < 4.78 is 2.09. The molecule has 7 N–H and O–H groups in total. The Bertz CT molecular complexity index is 965. The van der Waals surface area contributed by atoms with Gasteiger partial charge < -0.3 is 31.8 Å². The number of nitrogens with two attached hydrogens (primary N) is 2. The molecule has 3 aromatic rings. The van der Waals surface area contributed by atoms with Crippen LogP contribution in [0.15, 0.2) is 24.5 Å². The number of nitrogen functional groups attached to an aromatic ring is 1. The molecule has 1 aromatic carbocycles. The van der Waals surface area contributed by atoms with Crippen LogP contribution in [-0.4, -0.2) is 37.2 Å². The number of imidazole rings is 1. The number of hydrogen-bond donors (Lipinski definition) is 5. The van der Waals surface area contributed by atoms with Crippen LogP contribution in [0.4, 0.5) is 17.5 Å². The third-order valence-electron chi connectivity index (χ3n) is 4.89. The summed E-state index contributed by atoms with van der Waals surface area (Å²) in [6.07, 6.45) is 3.78. The van der Waals surface area contributed by atoms with Crippen molar-refractivity contribution in [1.29, 1.82) is 0 Å². The molecule has 1 unspecified atom stereocenters. The van der Waals surface area contributed by atoms with Gasteiger partial charge in [-0.3, -0.25) is 0 Å². The summed E-state index contributed by atoms with van der Waals surface area (Å²) in [6.45, 7) is 7.13. The lowest BCUT2D eigenvalue weighted by Crippen LogP contribution is -2.26. The van der Waals surface area contributed by atoms with Gasteiger partial charge in [0.25, 0.3) is 0 Å². The average molecular weight is 399 g/mol. The third kappa shape index (κ3) is 4.68. The minimum absolute atomic E-state index is 0.0288. The second-order valence-electron chi connectivity index (χ2n) is 7.29. The molecule has 0 amide bonds. The smallest absolute Gasteiger partial charge is 0.226 e. The van der Waals surface area contributed by atoms with Gasteiger partial charge in [-0.05, 0) is 38.0 Å². The Hall–Kier alpha value is -3.07. The molecule has 2 aromatic heterocycles. The van der Waals surface area contributed by atoms with Crippen LogP contribution in [0.2, 0.25) is 0 Å². The number of anilines is 3. The van der Waals surface area contributed by atoms with Crippen LogP contribution in [-0.2, 0) is 6.54 Å². The number of nitrogens with zero attached hydrogens (tertiary/aromatic N) is 4. The summed E-state index contributed by atoms with van der Waals surface area (Å²) in [5.41, 5.74) is 14.4. The predicted molar refractivity (Wildman–Crippen MR) is 117 cm³/mol. The van der Waals surface area contributed by atoms with Gasteiger partial charge in [0.1, 0.15) is 5.75 Å². The molecule has 0 aliphatic heterocycles. The number of fused-ring (bicyclic) bond motifs is 1. The van der Waals surface area contributed by atoms with E-state index in [1.54, 1.807) is 18.2 Å². The monoisotopic (exact) mass is 398 g/mol. The first kappa shape index (κ1) is 20.7. The van der Waals surface area contributed by atoms with E-state index in [0.29, 0.717) is 47.7 Å². The maximum Gasteiger partial charge on any atom is 0.226 e. The van der Waals surface area contributed by atoms with Crippen LogP contribution in [0.1, 0.15) is 45.2 Å². The second-order valence-corrected chi connectivity index (χ2v) is 7.29. The molecule has 156 valence electrons. The summed E-state index contributed by atoms with van der Waals surface area (Å²) in [5, 5.41) is 16.6. The topological polar surface area (TPSA) is 140 Å². The van der Waals surface area contributed by atoms with Crippen molar-refractivity contribution in [3.8, 4) is 5.75 Å². The first-order chi connectivity index (χ1) is 13.9. The maximum absolute atomic E-state index is 10.1. The van der Waals surface area contributed by atoms with E-state index in [1.165, 1.54) is 0 Å². The van der Waals surface area contributed by atoms with E-state index in [9.17, 15) is 5.11 Å². The van der Waals surface area contributed by atoms with E-state index >= 15 is 0 Å². The van der Waals surface area contributed by atoms with Gasteiger partial charge in [-0.1, -0.05) is 13.8 Å². The number of aromatic hydroxyl groups is 1. The van der Waals surface area contributed by atoms with Crippen molar-refractivity contribution in [2.24, 2.45) is 5.73 Å². The Labute approximate surface area is 170 Å². The highest BCUT2D eigenvalue weighted by Crippen LogP contribution is 2.27. The molecule has 0 radical (unpaired) electrons. The fourth-order valence-corrected chi connectivity index (χ4v) is 3.25. The van der Waals surface area contributed by atoms with Gasteiger partial charge >= 0.3 is 0 Å². The minimum atomic E-state index is -0.0288. The Morgan fingerprint density at radius 3 is 2.62 bits per heavy atom. The summed E-state index contributed by atoms with van der Waals surface area (Å²) in [5.74, 6) is 1.25. The van der Waals surface area contributed by atoms with Gasteiger partial charge in [0.15, 0.2) is 17.0 Å². The van der Waals surface area contributed by atoms with E-state index in [4.69, 9.17) is 11.5 Å². The molecule has 2 heterocycles. The molecule has 0 fully saturated rings. The molecule has 29 heavy (non-hydrogen) atoms. The van der Waals surface area contributed by atoms with Gasteiger partial charge in [-0.2, -0.15) is 9.97 Å². The summed E-state index contributed by atoms with van der Waals surface area (Å²) in [6, 6.07) is 5.26. The molecule has 0 saturated carbocycles. The number of benzene rings is 1. The van der Waals surface area contributed by atoms with Gasteiger partial charge in [0, 0.05) is 36.4 Å². The van der Waals surface area contributed by atoms with Gasteiger partial charge in [0.2, 0.25) is 5.95 Å². The standard InChI is InChI=1S/C20H30N8O/c1-4-15(5-2)28-11-25-17-18(23-10-13-8-14(22)6-7-16(13)29)26-20(27-19(17)28)24-9-12(3)21/h6-8,11-12,15,29H,4-5,9-10,21-22H2,1-3H3,(H2,23,24,26,27). The predicted octanol–water partition coefficient (Wildman–Crippen LogP) is 2.85. The lowest BCUT2D eigenvalue weighted by atomic mass is 10.1. The molecule has 0 saturated heterocycles. The van der Waals surface area contributed by atoms with E-state index in [0.717, 1.165) is 18.5 Å². The normalized spacial score (nSPS) is 12.4. The second kappa shape index (κ2) is 8.95. The largest absolute Gasteiger partial charge is 0.508 e. The molecule has 3 rings (SSSR count). The summed E-state index contributed by atoms with van der Waals surface area (Å²) in [4.78, 5) is 13.8. The van der Waals surface area contributed by atoms with Crippen molar-refractivity contribution in [2.75, 3.05) is 22.9 Å². The van der Waals surface area contributed by atoms with Crippen molar-refractivity contribution in [3.63, 3.8) is 0 Å². The summed E-state index contributed by atoms with van der Waals surface area (Å²) in [7, 11) is 0. The van der Waals surface area contributed by atoms with Gasteiger partial charge in [0.05, 0.1) is 6.33 Å². The first-order valence-electron chi connectivity index (χ1n) is 9.98. The van der Waals surface area contributed by atoms with Gasteiger partial charge in [-0.15, -0.1) is 0 Å². The quantitative estimate of drug-likeness (QED) is 0.274. The molecule has 0 bridgehead atoms. The van der Waals surface area contributed by atoms with Crippen LogP contribution in [0, 0.1) is 0 Å². The molecule has 0 spiro atoms. The molecular weight excluding hydrogens is 368 g/mol. The van der Waals surface area contributed by atoms with Crippen molar-refractivity contribution >= 4 is 28.6 Å². The highest BCUT2D eigenvalue weighted by molar-refractivity contribution is 5.84. The highest BCUT2D eigenvalue weighted by Gasteiger charge is 2.17. The molecule has 1 atom stereocenters. The molecule has 0 aliphatic rings. The minimum Gasteiger partial charge on any atom is -0.508 e. The Balaban J connectivity index is 1.98. The Morgan fingerprint density at radius 2 is 1.93 bits per heavy atom. The van der Waals surface area contributed by atoms with Crippen LogP contribution >= 0.6 is 0 Å². The molecule has 0 aliphatic carbocycles. The van der Waals surface area contributed by atoms with Crippen LogP contribution in [0.5, 0.6) is 5.75 Å². The maximum atomic E-state index is 10.1. The van der Waals surface area contributed by atoms with Crippen molar-refractivity contribution in [1.82, 2.24) is 19.5 Å². The average Bonchev–Trinajstić information content (AvgIpc) is 3.12. The van der Waals surface area contributed by atoms with Crippen molar-refractivity contribution in [2.45, 2.75) is 52.2 Å². The zero-order valence-electron chi connectivity index (χ0n) is 17.2. The zero-order valence-corrected chi connectivity index (χ0v) is 17.2. The van der Waals surface area contributed by atoms with E-state index in [1.807, 2.05) is 13.3 Å². The van der Waals surface area contributed by atoms with Crippen LogP contribution in [0.25, 0.3) is 11.2 Å². The Morgan fingerprint density at radius 1 is 1.17 bits per heavy atom. The highest BCUT2D eigenvalue weighted by atomic mass is 16.3. The van der Waals surface area contributed by atoms with E-state index in [-0.39, 0.29) is 11.8 Å². The third-order valence-corrected chi connectivity index (χ3v) is 4.89. The molecule has 9 heteroatoms. The number of rotatable bonds is 9. The first-order valence-corrected chi connectivity index (χ1v) is 9.98. The lowest BCUT2D eigenvalue weighted by Gasteiger charge is -2.16. The number of hydrogen-bond acceptors (Lipinski definition) is 8. The number of nitrogens with one attached hydrogen (secondary N) is 2. The molecule has 9 nitrogen and oxygen atoms in total. The molecular formula is C20H30N8O. The van der Waals surface area contributed by atoms with Crippen LogP contribution in [0.3, 0.4) is 0 Å². The fraction of sp³-hybridized carbons (Fsp3) is 0.450. The van der Waals surface area contributed by atoms with Crippen molar-refractivity contribution in [3.05, 3.63) is 30.1 Å². The Kier molecular flexibility index (Phi) is 6.38. The fourth-order valence-electron chi connectivity index (χ4n) is 3.25. The van der Waals surface area contributed by atoms with Crippen LogP contribution < -0.4 is 22.1 Å². The zero-order chi connectivity index (χ0) is 21.0.